The van der Waals surface area contributed by atoms with Crippen LogP contribution in [-0.2, 0) is 0 Å². The van der Waals surface area contributed by atoms with Crippen LogP contribution >= 0.6 is 0 Å². The molecular formula is C17H13F2N3O. The Balaban J connectivity index is 1.79. The van der Waals surface area contributed by atoms with Crippen molar-refractivity contribution in [3.05, 3.63) is 67.0 Å². The van der Waals surface area contributed by atoms with Gasteiger partial charge in [0.2, 0.25) is 0 Å². The third-order valence-corrected chi connectivity index (χ3v) is 3.09. The standard InChI is InChI=1S/C17H13F2N3O/c18-17(19)23-14-6-4-12(5-7-14)13-8-10-21-16(11-13)22-15-3-1-2-9-20-15/h1-11,17H,(H,20,21,22). The van der Waals surface area contributed by atoms with Crippen LogP contribution in [0, 0.1) is 0 Å². The summed E-state index contributed by atoms with van der Waals surface area (Å²) in [5.74, 6) is 1.47. The lowest BCUT2D eigenvalue weighted by molar-refractivity contribution is -0.0498. The van der Waals surface area contributed by atoms with E-state index in [4.69, 9.17) is 0 Å². The van der Waals surface area contributed by atoms with Gasteiger partial charge in [-0.1, -0.05) is 18.2 Å². The molecule has 0 spiro atoms. The maximum absolute atomic E-state index is 12.2. The molecule has 1 N–H and O–H groups in total. The van der Waals surface area contributed by atoms with Gasteiger partial charge in [0.25, 0.3) is 0 Å². The molecule has 0 radical (unpaired) electrons. The van der Waals surface area contributed by atoms with Gasteiger partial charge in [-0.15, -0.1) is 0 Å². The van der Waals surface area contributed by atoms with Gasteiger partial charge in [-0.3, -0.25) is 0 Å². The highest BCUT2D eigenvalue weighted by Gasteiger charge is 2.05. The van der Waals surface area contributed by atoms with E-state index in [2.05, 4.69) is 20.0 Å². The van der Waals surface area contributed by atoms with Crippen molar-refractivity contribution < 1.29 is 13.5 Å². The second-order valence-electron chi connectivity index (χ2n) is 4.67. The number of hydrogen-bond donors (Lipinski definition) is 1. The Kier molecular flexibility index (Phi) is 4.42. The lowest BCUT2D eigenvalue weighted by Gasteiger charge is -2.08. The summed E-state index contributed by atoms with van der Waals surface area (Å²) < 4.78 is 28.7. The fraction of sp³-hybridized carbons (Fsp3) is 0.0588. The SMILES string of the molecule is FC(F)Oc1ccc(-c2ccnc(Nc3ccccn3)c2)cc1. The molecule has 6 heteroatoms. The van der Waals surface area contributed by atoms with Gasteiger partial charge in [0.15, 0.2) is 0 Å². The fourth-order valence-electron chi connectivity index (χ4n) is 2.08. The Morgan fingerprint density at radius 1 is 0.826 bits per heavy atom. The Morgan fingerprint density at radius 3 is 2.30 bits per heavy atom. The molecule has 0 aliphatic carbocycles. The van der Waals surface area contributed by atoms with Crippen LogP contribution in [0.4, 0.5) is 20.4 Å². The highest BCUT2D eigenvalue weighted by Crippen LogP contribution is 2.25. The molecule has 116 valence electrons. The molecule has 0 fully saturated rings. The number of nitrogens with zero attached hydrogens (tertiary/aromatic N) is 2. The number of nitrogens with one attached hydrogen (secondary N) is 1. The summed E-state index contributed by atoms with van der Waals surface area (Å²) in [6, 6.07) is 15.7. The molecule has 3 aromatic rings. The first-order valence-electron chi connectivity index (χ1n) is 6.90. The number of alkyl halides is 2. The quantitative estimate of drug-likeness (QED) is 0.754. The maximum atomic E-state index is 12.2. The summed E-state index contributed by atoms with van der Waals surface area (Å²) in [5.41, 5.74) is 1.78. The molecule has 4 nitrogen and oxygen atoms in total. The Bertz CT molecular complexity index is 764. The number of rotatable bonds is 5. The summed E-state index contributed by atoms with van der Waals surface area (Å²) >= 11 is 0. The number of benzene rings is 1. The minimum atomic E-state index is -2.82. The van der Waals surface area contributed by atoms with Gasteiger partial charge in [0, 0.05) is 12.4 Å². The molecule has 23 heavy (non-hydrogen) atoms. The van der Waals surface area contributed by atoms with Crippen molar-refractivity contribution in [1.82, 2.24) is 9.97 Å². The fourth-order valence-corrected chi connectivity index (χ4v) is 2.08. The second-order valence-corrected chi connectivity index (χ2v) is 4.67. The average molecular weight is 313 g/mol. The summed E-state index contributed by atoms with van der Waals surface area (Å²) in [6.45, 7) is -2.82. The van der Waals surface area contributed by atoms with Crippen molar-refractivity contribution >= 4 is 11.6 Å². The maximum Gasteiger partial charge on any atom is 0.387 e. The topological polar surface area (TPSA) is 47.0 Å². The van der Waals surface area contributed by atoms with Crippen LogP contribution in [0.2, 0.25) is 0 Å². The first-order valence-corrected chi connectivity index (χ1v) is 6.90. The smallest absolute Gasteiger partial charge is 0.387 e. The Labute approximate surface area is 131 Å². The molecule has 0 amide bonds. The van der Waals surface area contributed by atoms with E-state index in [1.807, 2.05) is 30.3 Å². The van der Waals surface area contributed by atoms with Crippen molar-refractivity contribution in [1.29, 1.82) is 0 Å². The zero-order chi connectivity index (χ0) is 16.1. The summed E-state index contributed by atoms with van der Waals surface area (Å²) in [4.78, 5) is 8.42. The molecule has 2 heterocycles. The van der Waals surface area contributed by atoms with E-state index in [0.717, 1.165) is 11.1 Å². The normalized spacial score (nSPS) is 10.6. The van der Waals surface area contributed by atoms with Crippen molar-refractivity contribution in [3.63, 3.8) is 0 Å². The largest absolute Gasteiger partial charge is 0.435 e. The Hall–Kier alpha value is -3.02. The number of halogens is 2. The molecule has 0 saturated heterocycles. The summed E-state index contributed by atoms with van der Waals surface area (Å²) in [5, 5.41) is 3.11. The van der Waals surface area contributed by atoms with E-state index < -0.39 is 6.61 Å². The van der Waals surface area contributed by atoms with E-state index in [1.54, 1.807) is 24.5 Å². The van der Waals surface area contributed by atoms with Crippen LogP contribution in [0.25, 0.3) is 11.1 Å². The average Bonchev–Trinajstić information content (AvgIpc) is 2.56. The molecule has 0 unspecified atom stereocenters. The minimum Gasteiger partial charge on any atom is -0.435 e. The molecule has 0 aliphatic rings. The second kappa shape index (κ2) is 6.83. The predicted octanol–water partition coefficient (Wildman–Crippen LogP) is 4.49. The van der Waals surface area contributed by atoms with Crippen LogP contribution in [0.5, 0.6) is 5.75 Å². The van der Waals surface area contributed by atoms with Gasteiger partial charge < -0.3 is 10.1 Å². The minimum absolute atomic E-state index is 0.129. The predicted molar refractivity (Wildman–Crippen MR) is 83.8 cm³/mol. The van der Waals surface area contributed by atoms with E-state index in [-0.39, 0.29) is 5.75 Å². The Morgan fingerprint density at radius 2 is 1.61 bits per heavy atom. The summed E-state index contributed by atoms with van der Waals surface area (Å²) in [7, 11) is 0. The first kappa shape index (κ1) is 14.9. The van der Waals surface area contributed by atoms with Gasteiger partial charge in [-0.2, -0.15) is 8.78 Å². The lowest BCUT2D eigenvalue weighted by Crippen LogP contribution is -2.01. The van der Waals surface area contributed by atoms with Gasteiger partial charge in [0.1, 0.15) is 17.4 Å². The van der Waals surface area contributed by atoms with Crippen molar-refractivity contribution in [3.8, 4) is 16.9 Å². The zero-order valence-electron chi connectivity index (χ0n) is 12.0. The van der Waals surface area contributed by atoms with Crippen LogP contribution in [0.3, 0.4) is 0 Å². The zero-order valence-corrected chi connectivity index (χ0v) is 12.0. The lowest BCUT2D eigenvalue weighted by atomic mass is 10.1. The molecule has 3 rings (SSSR count). The van der Waals surface area contributed by atoms with Crippen LogP contribution < -0.4 is 10.1 Å². The van der Waals surface area contributed by atoms with Crippen molar-refractivity contribution in [2.24, 2.45) is 0 Å². The number of anilines is 2. The van der Waals surface area contributed by atoms with Crippen LogP contribution in [0.15, 0.2) is 67.0 Å². The highest BCUT2D eigenvalue weighted by molar-refractivity contribution is 5.68. The third kappa shape index (κ3) is 4.00. The molecule has 0 aliphatic heterocycles. The third-order valence-electron chi connectivity index (χ3n) is 3.09. The molecule has 0 saturated carbocycles. The number of pyridine rings is 2. The monoisotopic (exact) mass is 313 g/mol. The van der Waals surface area contributed by atoms with Gasteiger partial charge in [0.05, 0.1) is 0 Å². The molecule has 0 atom stereocenters. The van der Waals surface area contributed by atoms with Gasteiger partial charge in [-0.05, 0) is 47.5 Å². The van der Waals surface area contributed by atoms with E-state index in [0.29, 0.717) is 11.6 Å². The number of ether oxygens (including phenoxy) is 1. The van der Waals surface area contributed by atoms with E-state index in [9.17, 15) is 8.78 Å². The van der Waals surface area contributed by atoms with Gasteiger partial charge >= 0.3 is 6.61 Å². The van der Waals surface area contributed by atoms with Gasteiger partial charge in [-0.25, -0.2) is 9.97 Å². The number of hydrogen-bond acceptors (Lipinski definition) is 4. The van der Waals surface area contributed by atoms with Crippen LogP contribution in [0.1, 0.15) is 0 Å². The highest BCUT2D eigenvalue weighted by atomic mass is 19.3. The van der Waals surface area contributed by atoms with Crippen LogP contribution in [-0.4, -0.2) is 16.6 Å². The molecule has 0 bridgehead atoms. The molecular weight excluding hydrogens is 300 g/mol. The van der Waals surface area contributed by atoms with E-state index >= 15 is 0 Å². The molecule has 2 aromatic heterocycles. The number of aromatic nitrogens is 2. The van der Waals surface area contributed by atoms with E-state index in [1.165, 1.54) is 12.1 Å². The van der Waals surface area contributed by atoms with Crippen molar-refractivity contribution in [2.75, 3.05) is 5.32 Å². The first-order chi connectivity index (χ1) is 11.2. The molecule has 1 aromatic carbocycles. The van der Waals surface area contributed by atoms with Crippen molar-refractivity contribution in [2.45, 2.75) is 6.61 Å². The summed E-state index contributed by atoms with van der Waals surface area (Å²) in [6.07, 6.45) is 3.36.